The van der Waals surface area contributed by atoms with E-state index in [2.05, 4.69) is 26.8 Å². The Balaban J connectivity index is 1.38. The predicted molar refractivity (Wildman–Crippen MR) is 130 cm³/mol. The van der Waals surface area contributed by atoms with Gasteiger partial charge in [-0.15, -0.1) is 11.3 Å². The van der Waals surface area contributed by atoms with Crippen LogP contribution in [0, 0.1) is 18.3 Å². The topological polar surface area (TPSA) is 149 Å². The first kappa shape index (κ1) is 23.2. The first-order valence-corrected chi connectivity index (χ1v) is 12.0. The molecular weight excluding hydrogens is 480 g/mol. The van der Waals surface area contributed by atoms with Crippen molar-refractivity contribution in [1.82, 2.24) is 25.2 Å². The van der Waals surface area contributed by atoms with Gasteiger partial charge in [0.15, 0.2) is 5.65 Å². The Morgan fingerprint density at radius 1 is 1.22 bits per heavy atom. The lowest BCUT2D eigenvalue weighted by molar-refractivity contribution is 0.0695. The minimum atomic E-state index is -0.976. The molecule has 5 rings (SSSR count). The zero-order valence-electron chi connectivity index (χ0n) is 19.1. The number of hydrogen-bond donors (Lipinski definition) is 3. The summed E-state index contributed by atoms with van der Waals surface area (Å²) in [5, 5.41) is 28.3. The summed E-state index contributed by atoms with van der Waals surface area (Å²) in [6.45, 7) is 2.01. The number of carboxylic acids is 1. The van der Waals surface area contributed by atoms with Crippen molar-refractivity contribution >= 4 is 34.8 Å². The Morgan fingerprint density at radius 3 is 2.81 bits per heavy atom. The van der Waals surface area contributed by atoms with Crippen LogP contribution in [0.4, 0.5) is 0 Å². The molecule has 0 saturated carbocycles. The summed E-state index contributed by atoms with van der Waals surface area (Å²) in [4.78, 5) is 43.3. The average molecular weight is 501 g/mol. The van der Waals surface area contributed by atoms with Gasteiger partial charge in [-0.05, 0) is 54.7 Å². The third-order valence-electron chi connectivity index (χ3n) is 6.25. The van der Waals surface area contributed by atoms with Crippen LogP contribution in [0.25, 0.3) is 5.65 Å². The fourth-order valence-corrected chi connectivity index (χ4v) is 5.22. The van der Waals surface area contributed by atoms with Gasteiger partial charge in [0, 0.05) is 17.0 Å². The number of carbonyl (C=O) groups excluding carboxylic acids is 2. The molecule has 0 radical (unpaired) electrons. The second kappa shape index (κ2) is 9.24. The van der Waals surface area contributed by atoms with Crippen LogP contribution in [0.15, 0.2) is 42.6 Å². The smallest absolute Gasteiger partial charge is 0.335 e. The molecule has 10 nitrogen and oxygen atoms in total. The van der Waals surface area contributed by atoms with E-state index < -0.39 is 17.8 Å². The number of carboxylic acid groups (broad SMARTS) is 1. The molecule has 1 aromatic carbocycles. The summed E-state index contributed by atoms with van der Waals surface area (Å²) >= 11 is 1.29. The largest absolute Gasteiger partial charge is 0.478 e. The first-order chi connectivity index (χ1) is 17.4. The number of hydrogen-bond acceptors (Lipinski definition) is 7. The maximum atomic E-state index is 13.3. The molecule has 180 valence electrons. The number of amides is 2. The van der Waals surface area contributed by atoms with Crippen LogP contribution in [-0.4, -0.2) is 37.5 Å². The fraction of sp³-hybridized carbons (Fsp3) is 0.200. The number of carbonyl (C=O) groups is 3. The molecule has 3 N–H and O–H groups in total. The predicted octanol–water partition coefficient (Wildman–Crippen LogP) is 3.02. The number of thiophene rings is 1. The molecule has 4 aromatic rings. The first-order valence-electron chi connectivity index (χ1n) is 11.1. The number of benzene rings is 1. The number of aromatic carboxylic acids is 1. The van der Waals surface area contributed by atoms with Crippen LogP contribution in [0.1, 0.15) is 70.2 Å². The van der Waals surface area contributed by atoms with Crippen LogP contribution in [-0.2, 0) is 13.0 Å². The van der Waals surface area contributed by atoms with Crippen LogP contribution in [0.3, 0.4) is 0 Å². The number of aromatic nitrogens is 3. The Morgan fingerprint density at radius 2 is 2.06 bits per heavy atom. The van der Waals surface area contributed by atoms with E-state index in [1.165, 1.54) is 28.1 Å². The summed E-state index contributed by atoms with van der Waals surface area (Å²) in [6, 6.07) is 11.6. The molecule has 1 atom stereocenters. The number of rotatable bonds is 6. The molecule has 2 amide bonds. The number of nitriles is 1. The van der Waals surface area contributed by atoms with E-state index in [0.717, 1.165) is 16.0 Å². The maximum Gasteiger partial charge on any atom is 0.335 e. The van der Waals surface area contributed by atoms with Crippen molar-refractivity contribution in [3.8, 4) is 6.07 Å². The van der Waals surface area contributed by atoms with Gasteiger partial charge in [-0.3, -0.25) is 9.59 Å². The molecular formula is C25H20N6O4S. The van der Waals surface area contributed by atoms with Crippen molar-refractivity contribution in [2.75, 3.05) is 0 Å². The van der Waals surface area contributed by atoms with E-state index in [-0.39, 0.29) is 29.5 Å². The van der Waals surface area contributed by atoms with Gasteiger partial charge < -0.3 is 15.7 Å². The average Bonchev–Trinajstić information content (AvgIpc) is 3.61. The van der Waals surface area contributed by atoms with Gasteiger partial charge in [-0.25, -0.2) is 14.3 Å². The highest BCUT2D eigenvalue weighted by Gasteiger charge is 2.28. The van der Waals surface area contributed by atoms with Gasteiger partial charge in [0.25, 0.3) is 11.8 Å². The number of fused-ring (bicyclic) bond motifs is 2. The zero-order valence-corrected chi connectivity index (χ0v) is 19.9. The summed E-state index contributed by atoms with van der Waals surface area (Å²) in [7, 11) is 0. The second-order valence-electron chi connectivity index (χ2n) is 8.36. The van der Waals surface area contributed by atoms with Crippen molar-refractivity contribution in [1.29, 1.82) is 5.26 Å². The Kier molecular flexibility index (Phi) is 5.95. The highest BCUT2D eigenvalue weighted by molar-refractivity contribution is 7.12. The highest BCUT2D eigenvalue weighted by Crippen LogP contribution is 2.35. The standard InChI is InChI=1S/C25H20N6O4S/c1-13-16-6-7-19(18(16)5-4-17(13)25(34)35)30-24(33)21-10-20(29-22-8-9-28-31(21)22)23(32)27-12-15-3-2-14(11-26)36-15/h2-5,8-10,19H,6-7,12H2,1H3,(H,27,32)(H,30,33)(H,34,35)/t19-/m0/s1. The van der Waals surface area contributed by atoms with E-state index in [9.17, 15) is 19.5 Å². The van der Waals surface area contributed by atoms with Crippen molar-refractivity contribution in [3.05, 3.63) is 86.0 Å². The molecule has 1 aliphatic rings. The van der Waals surface area contributed by atoms with Crippen LogP contribution < -0.4 is 10.6 Å². The van der Waals surface area contributed by atoms with Crippen molar-refractivity contribution < 1.29 is 19.5 Å². The lowest BCUT2D eigenvalue weighted by atomic mass is 9.98. The van der Waals surface area contributed by atoms with Gasteiger partial charge in [-0.2, -0.15) is 10.4 Å². The summed E-state index contributed by atoms with van der Waals surface area (Å²) in [5.74, 6) is -1.85. The van der Waals surface area contributed by atoms with Gasteiger partial charge in [0.05, 0.1) is 24.3 Å². The SMILES string of the molecule is Cc1c(C(=O)O)ccc2c1CC[C@@H]2NC(=O)c1cc(C(=O)NCc2ccc(C#N)s2)nc2ccnn12. The molecule has 0 spiro atoms. The molecule has 11 heteroatoms. The van der Waals surface area contributed by atoms with Gasteiger partial charge in [0.2, 0.25) is 0 Å². The molecule has 0 unspecified atom stereocenters. The molecule has 0 bridgehead atoms. The lowest BCUT2D eigenvalue weighted by Crippen LogP contribution is -2.30. The fourth-order valence-electron chi connectivity index (χ4n) is 4.48. The Labute approximate surface area is 209 Å². The monoisotopic (exact) mass is 500 g/mol. The van der Waals surface area contributed by atoms with Gasteiger partial charge in [0.1, 0.15) is 22.3 Å². The maximum absolute atomic E-state index is 13.3. The third-order valence-corrected chi connectivity index (χ3v) is 7.24. The highest BCUT2D eigenvalue weighted by atomic mass is 32.1. The minimum absolute atomic E-state index is 0.0685. The minimum Gasteiger partial charge on any atom is -0.478 e. The number of nitrogens with one attached hydrogen (secondary N) is 2. The lowest BCUT2D eigenvalue weighted by Gasteiger charge is -2.16. The van der Waals surface area contributed by atoms with E-state index in [0.29, 0.717) is 28.9 Å². The van der Waals surface area contributed by atoms with Gasteiger partial charge in [-0.1, -0.05) is 6.07 Å². The molecule has 0 saturated heterocycles. The normalized spacial score (nSPS) is 14.3. The van der Waals surface area contributed by atoms with Crippen molar-refractivity contribution in [2.45, 2.75) is 32.4 Å². The van der Waals surface area contributed by atoms with Crippen LogP contribution >= 0.6 is 11.3 Å². The van der Waals surface area contributed by atoms with Gasteiger partial charge >= 0.3 is 5.97 Å². The summed E-state index contributed by atoms with van der Waals surface area (Å²) < 4.78 is 1.37. The van der Waals surface area contributed by atoms with Crippen LogP contribution in [0.5, 0.6) is 0 Å². The van der Waals surface area contributed by atoms with Crippen molar-refractivity contribution in [2.24, 2.45) is 0 Å². The molecule has 0 fully saturated rings. The third kappa shape index (κ3) is 4.18. The second-order valence-corrected chi connectivity index (χ2v) is 9.53. The quantitative estimate of drug-likeness (QED) is 0.368. The van der Waals surface area contributed by atoms with E-state index >= 15 is 0 Å². The van der Waals surface area contributed by atoms with E-state index in [4.69, 9.17) is 5.26 Å². The van der Waals surface area contributed by atoms with E-state index in [1.807, 2.05) is 0 Å². The molecule has 36 heavy (non-hydrogen) atoms. The Bertz CT molecular complexity index is 1580. The summed E-state index contributed by atoms with van der Waals surface area (Å²) in [5.41, 5.74) is 3.38. The zero-order chi connectivity index (χ0) is 25.4. The summed E-state index contributed by atoms with van der Waals surface area (Å²) in [6.07, 6.45) is 2.79. The number of nitrogens with zero attached hydrogens (tertiary/aromatic N) is 4. The molecule has 3 heterocycles. The van der Waals surface area contributed by atoms with Crippen molar-refractivity contribution in [3.63, 3.8) is 0 Å². The molecule has 3 aromatic heterocycles. The molecule has 0 aliphatic heterocycles. The molecule has 1 aliphatic carbocycles. The van der Waals surface area contributed by atoms with Crippen LogP contribution in [0.2, 0.25) is 0 Å². The van der Waals surface area contributed by atoms with E-state index in [1.54, 1.807) is 37.3 Å². The Hall–Kier alpha value is -4.56.